The first-order valence-corrected chi connectivity index (χ1v) is 5.77. The van der Waals surface area contributed by atoms with E-state index in [0.717, 1.165) is 23.5 Å². The molecule has 2 heterocycles. The Morgan fingerprint density at radius 3 is 2.71 bits per heavy atom. The predicted molar refractivity (Wildman–Crippen MR) is 67.8 cm³/mol. The second kappa shape index (κ2) is 4.01. The lowest BCUT2D eigenvalue weighted by atomic mass is 10.1. The minimum Gasteiger partial charge on any atom is -0.288 e. The van der Waals surface area contributed by atoms with Gasteiger partial charge < -0.3 is 0 Å². The summed E-state index contributed by atoms with van der Waals surface area (Å²) in [6, 6.07) is 12.2. The molecule has 17 heavy (non-hydrogen) atoms. The second-order valence-corrected chi connectivity index (χ2v) is 3.92. The first-order valence-electron chi connectivity index (χ1n) is 5.77. The Morgan fingerprint density at radius 2 is 1.94 bits per heavy atom. The maximum atomic E-state index is 4.61. The van der Waals surface area contributed by atoms with E-state index in [1.807, 2.05) is 30.5 Å². The lowest BCUT2D eigenvalue weighted by molar-refractivity contribution is 0.979. The summed E-state index contributed by atoms with van der Waals surface area (Å²) in [5, 5.41) is 0. The number of imidazole rings is 1. The number of hydrogen-bond acceptors (Lipinski definition) is 2. The topological polar surface area (TPSA) is 30.2 Å². The molecule has 3 nitrogen and oxygen atoms in total. The van der Waals surface area contributed by atoms with Crippen LogP contribution in [-0.2, 0) is 6.42 Å². The molecule has 0 atom stereocenters. The average molecular weight is 223 g/mol. The van der Waals surface area contributed by atoms with E-state index in [0.29, 0.717) is 0 Å². The van der Waals surface area contributed by atoms with Gasteiger partial charge in [-0.1, -0.05) is 37.3 Å². The minimum atomic E-state index is 0.767. The number of aromatic nitrogens is 3. The van der Waals surface area contributed by atoms with Crippen LogP contribution in [0.15, 0.2) is 48.8 Å². The molecule has 3 heteroatoms. The molecule has 3 rings (SSSR count). The van der Waals surface area contributed by atoms with Gasteiger partial charge in [0.05, 0.1) is 11.4 Å². The van der Waals surface area contributed by atoms with E-state index >= 15 is 0 Å². The number of fused-ring (bicyclic) bond motifs is 1. The highest BCUT2D eigenvalue weighted by atomic mass is 15.1. The zero-order valence-corrected chi connectivity index (χ0v) is 9.67. The first kappa shape index (κ1) is 10.0. The Balaban J connectivity index is 2.30. The molecule has 84 valence electrons. The van der Waals surface area contributed by atoms with Gasteiger partial charge in [-0.15, -0.1) is 0 Å². The fourth-order valence-corrected chi connectivity index (χ4v) is 2.10. The van der Waals surface area contributed by atoms with E-state index in [9.17, 15) is 0 Å². The molecule has 0 saturated carbocycles. The smallest absolute Gasteiger partial charge is 0.234 e. The van der Waals surface area contributed by atoms with Crippen LogP contribution in [0.25, 0.3) is 17.0 Å². The molecule has 0 N–H and O–H groups in total. The third kappa shape index (κ3) is 1.60. The van der Waals surface area contributed by atoms with Crippen molar-refractivity contribution in [3.05, 3.63) is 54.5 Å². The molecule has 0 unspecified atom stereocenters. The molecule has 0 fully saturated rings. The monoisotopic (exact) mass is 223 g/mol. The first-order chi connectivity index (χ1) is 8.40. The molecular formula is C14H13N3. The van der Waals surface area contributed by atoms with Gasteiger partial charge in [-0.05, 0) is 12.5 Å². The molecule has 2 aromatic heterocycles. The quantitative estimate of drug-likeness (QED) is 0.668. The van der Waals surface area contributed by atoms with Gasteiger partial charge in [-0.3, -0.25) is 4.40 Å². The van der Waals surface area contributed by atoms with Crippen molar-refractivity contribution in [1.29, 1.82) is 0 Å². The van der Waals surface area contributed by atoms with E-state index in [2.05, 4.69) is 33.4 Å². The zero-order chi connectivity index (χ0) is 11.7. The Kier molecular flexibility index (Phi) is 2.37. The number of aryl methyl sites for hydroxylation is 1. The summed E-state index contributed by atoms with van der Waals surface area (Å²) in [5.41, 5.74) is 3.39. The van der Waals surface area contributed by atoms with Crippen molar-refractivity contribution in [3.8, 4) is 11.3 Å². The van der Waals surface area contributed by atoms with Gasteiger partial charge >= 0.3 is 0 Å². The summed E-state index contributed by atoms with van der Waals surface area (Å²) in [6.45, 7) is 2.14. The van der Waals surface area contributed by atoms with Gasteiger partial charge in [-0.2, -0.15) is 0 Å². The molecule has 0 aliphatic rings. The maximum absolute atomic E-state index is 4.61. The van der Waals surface area contributed by atoms with Crippen LogP contribution in [0.3, 0.4) is 0 Å². The molecule has 0 saturated heterocycles. The Hall–Kier alpha value is -2.16. The molecule has 3 aromatic rings. The molecular weight excluding hydrogens is 210 g/mol. The molecule has 0 aliphatic carbocycles. The van der Waals surface area contributed by atoms with Crippen LogP contribution in [0.2, 0.25) is 0 Å². The van der Waals surface area contributed by atoms with Crippen molar-refractivity contribution in [2.75, 3.05) is 0 Å². The van der Waals surface area contributed by atoms with E-state index in [4.69, 9.17) is 0 Å². The summed E-state index contributed by atoms with van der Waals surface area (Å²) < 4.78 is 2.06. The van der Waals surface area contributed by atoms with Crippen LogP contribution in [0.1, 0.15) is 12.6 Å². The van der Waals surface area contributed by atoms with Crippen molar-refractivity contribution in [2.24, 2.45) is 0 Å². The van der Waals surface area contributed by atoms with E-state index in [-0.39, 0.29) is 0 Å². The maximum Gasteiger partial charge on any atom is 0.234 e. The van der Waals surface area contributed by atoms with Gasteiger partial charge in [0.2, 0.25) is 5.78 Å². The van der Waals surface area contributed by atoms with E-state index < -0.39 is 0 Å². The average Bonchev–Trinajstić information content (AvgIpc) is 2.78. The predicted octanol–water partition coefficient (Wildman–Crippen LogP) is 2.96. The minimum absolute atomic E-state index is 0.767. The standard InChI is InChI=1S/C14H13N3/c1-2-12-13(11-7-4-3-5-8-11)16-14-15-9-6-10-17(12)14/h3-10H,2H2,1H3. The SMILES string of the molecule is CCc1c(-c2ccccc2)nc2ncccn12. The van der Waals surface area contributed by atoms with Gasteiger partial charge in [0.1, 0.15) is 0 Å². The van der Waals surface area contributed by atoms with Crippen LogP contribution in [0.4, 0.5) is 0 Å². The summed E-state index contributed by atoms with van der Waals surface area (Å²) in [5.74, 6) is 0.767. The number of benzene rings is 1. The van der Waals surface area contributed by atoms with Crippen LogP contribution >= 0.6 is 0 Å². The van der Waals surface area contributed by atoms with E-state index in [1.165, 1.54) is 5.69 Å². The van der Waals surface area contributed by atoms with Crippen LogP contribution in [-0.4, -0.2) is 14.4 Å². The van der Waals surface area contributed by atoms with Gasteiger partial charge in [0.25, 0.3) is 0 Å². The molecule has 0 spiro atoms. The number of hydrogen-bond donors (Lipinski definition) is 0. The Labute approximate surface area is 99.8 Å². The van der Waals surface area contributed by atoms with Crippen molar-refractivity contribution < 1.29 is 0 Å². The number of nitrogens with zero attached hydrogens (tertiary/aromatic N) is 3. The Bertz CT molecular complexity index is 641. The summed E-state index contributed by atoms with van der Waals surface area (Å²) >= 11 is 0. The van der Waals surface area contributed by atoms with Gasteiger partial charge in [-0.25, -0.2) is 9.97 Å². The van der Waals surface area contributed by atoms with Crippen LogP contribution in [0.5, 0.6) is 0 Å². The van der Waals surface area contributed by atoms with Crippen molar-refractivity contribution >= 4 is 5.78 Å². The van der Waals surface area contributed by atoms with Crippen molar-refractivity contribution in [1.82, 2.24) is 14.4 Å². The van der Waals surface area contributed by atoms with Gasteiger partial charge in [0, 0.05) is 18.0 Å². The van der Waals surface area contributed by atoms with Crippen LogP contribution in [0, 0.1) is 0 Å². The highest BCUT2D eigenvalue weighted by molar-refractivity contribution is 5.65. The fourth-order valence-electron chi connectivity index (χ4n) is 2.10. The fraction of sp³-hybridized carbons (Fsp3) is 0.143. The lowest BCUT2D eigenvalue weighted by Crippen LogP contribution is -1.92. The third-order valence-corrected chi connectivity index (χ3v) is 2.88. The molecule has 0 aliphatic heterocycles. The van der Waals surface area contributed by atoms with Crippen molar-refractivity contribution in [3.63, 3.8) is 0 Å². The highest BCUT2D eigenvalue weighted by Gasteiger charge is 2.11. The molecule has 1 aromatic carbocycles. The Morgan fingerprint density at radius 1 is 1.12 bits per heavy atom. The molecule has 0 amide bonds. The second-order valence-electron chi connectivity index (χ2n) is 3.92. The molecule has 0 radical (unpaired) electrons. The zero-order valence-electron chi connectivity index (χ0n) is 9.67. The largest absolute Gasteiger partial charge is 0.288 e. The number of rotatable bonds is 2. The van der Waals surface area contributed by atoms with E-state index in [1.54, 1.807) is 6.20 Å². The summed E-state index contributed by atoms with van der Waals surface area (Å²) in [7, 11) is 0. The third-order valence-electron chi connectivity index (χ3n) is 2.88. The summed E-state index contributed by atoms with van der Waals surface area (Å²) in [6.07, 6.45) is 4.73. The normalized spacial score (nSPS) is 10.9. The highest BCUT2D eigenvalue weighted by Crippen LogP contribution is 2.23. The lowest BCUT2D eigenvalue weighted by Gasteiger charge is -2.01. The van der Waals surface area contributed by atoms with Crippen LogP contribution < -0.4 is 0 Å². The molecule has 0 bridgehead atoms. The summed E-state index contributed by atoms with van der Waals surface area (Å²) in [4.78, 5) is 8.89. The van der Waals surface area contributed by atoms with Crippen molar-refractivity contribution in [2.45, 2.75) is 13.3 Å². The van der Waals surface area contributed by atoms with Gasteiger partial charge in [0.15, 0.2) is 0 Å².